The van der Waals surface area contributed by atoms with Crippen molar-refractivity contribution in [3.63, 3.8) is 0 Å². The number of hydrogen-bond donors (Lipinski definition) is 0. The quantitative estimate of drug-likeness (QED) is 0.244. The molecule has 0 fully saturated rings. The first kappa shape index (κ1) is 27.1. The van der Waals surface area contributed by atoms with Gasteiger partial charge in [-0.25, -0.2) is 9.79 Å². The molecule has 39 heavy (non-hydrogen) atoms. The van der Waals surface area contributed by atoms with Crippen LogP contribution in [-0.4, -0.2) is 17.1 Å². The summed E-state index contributed by atoms with van der Waals surface area (Å²) in [6.45, 7) is 4.11. The maximum absolute atomic E-state index is 13.7. The molecule has 1 aliphatic heterocycles. The molecule has 1 unspecified atom stereocenters. The second-order valence-corrected chi connectivity index (χ2v) is 11.1. The van der Waals surface area contributed by atoms with E-state index in [1.165, 1.54) is 11.3 Å². The molecule has 3 aromatic carbocycles. The number of carbonyl (C=O) groups is 1. The SMILES string of the molecule is CCOC(=O)C1=C(C)N=c2s/c(=C\c3ccc(OCc4ccccc4Cl)cc3)c(=O)n2C1c1ccc(Br)cc1. The highest BCUT2D eigenvalue weighted by Gasteiger charge is 2.33. The Bertz CT molecular complexity index is 1740. The first-order valence-electron chi connectivity index (χ1n) is 12.3. The van der Waals surface area contributed by atoms with Crippen molar-refractivity contribution < 1.29 is 14.3 Å². The number of allylic oxidation sites excluding steroid dienone is 1. The van der Waals surface area contributed by atoms with Crippen LogP contribution in [0, 0.1) is 0 Å². The molecule has 2 heterocycles. The summed E-state index contributed by atoms with van der Waals surface area (Å²) in [5, 5.41) is 0.660. The summed E-state index contributed by atoms with van der Waals surface area (Å²) in [4.78, 5) is 31.9. The Labute approximate surface area is 242 Å². The van der Waals surface area contributed by atoms with E-state index in [1.807, 2.05) is 78.9 Å². The van der Waals surface area contributed by atoms with Gasteiger partial charge < -0.3 is 9.47 Å². The van der Waals surface area contributed by atoms with E-state index in [2.05, 4.69) is 20.9 Å². The average Bonchev–Trinajstić information content (AvgIpc) is 3.23. The highest BCUT2D eigenvalue weighted by molar-refractivity contribution is 9.10. The Balaban J connectivity index is 1.50. The van der Waals surface area contributed by atoms with Gasteiger partial charge in [0.15, 0.2) is 4.80 Å². The van der Waals surface area contributed by atoms with Crippen LogP contribution in [0.2, 0.25) is 5.02 Å². The molecule has 0 N–H and O–H groups in total. The molecule has 1 aromatic heterocycles. The standard InChI is InChI=1S/C30H24BrClN2O4S/c1-3-37-29(36)26-18(2)33-30-34(27(26)20-10-12-22(31)13-11-20)28(35)25(39-30)16-19-8-14-23(15-9-19)38-17-21-6-4-5-7-24(21)32/h4-16,27H,3,17H2,1-2H3/b25-16-. The van der Waals surface area contributed by atoms with E-state index in [1.54, 1.807) is 18.4 Å². The Kier molecular flexibility index (Phi) is 8.16. The number of carbonyl (C=O) groups excluding carboxylic acids is 1. The lowest BCUT2D eigenvalue weighted by molar-refractivity contribution is -0.139. The van der Waals surface area contributed by atoms with Gasteiger partial charge in [-0.1, -0.05) is 81.3 Å². The number of fused-ring (bicyclic) bond motifs is 1. The lowest BCUT2D eigenvalue weighted by atomic mass is 9.96. The van der Waals surface area contributed by atoms with Crippen LogP contribution in [-0.2, 0) is 16.1 Å². The Hall–Kier alpha value is -3.46. The Morgan fingerprint density at radius 3 is 2.51 bits per heavy atom. The molecule has 198 valence electrons. The Morgan fingerprint density at radius 1 is 1.10 bits per heavy atom. The van der Waals surface area contributed by atoms with Gasteiger partial charge in [0.05, 0.1) is 28.5 Å². The number of nitrogens with zero attached hydrogens (tertiary/aromatic N) is 2. The summed E-state index contributed by atoms with van der Waals surface area (Å²) >= 11 is 11.0. The molecule has 0 radical (unpaired) electrons. The number of esters is 1. The van der Waals surface area contributed by atoms with Crippen molar-refractivity contribution in [2.45, 2.75) is 26.5 Å². The van der Waals surface area contributed by atoms with E-state index in [-0.39, 0.29) is 12.2 Å². The lowest BCUT2D eigenvalue weighted by Gasteiger charge is -2.24. The third-order valence-electron chi connectivity index (χ3n) is 6.23. The van der Waals surface area contributed by atoms with Gasteiger partial charge in [0, 0.05) is 15.1 Å². The molecule has 9 heteroatoms. The number of aromatic nitrogens is 1. The molecule has 0 amide bonds. The smallest absolute Gasteiger partial charge is 0.338 e. The molecule has 1 aliphatic rings. The number of benzene rings is 3. The van der Waals surface area contributed by atoms with Crippen LogP contribution in [0.3, 0.4) is 0 Å². The second kappa shape index (κ2) is 11.7. The summed E-state index contributed by atoms with van der Waals surface area (Å²) in [5.74, 6) is 0.215. The second-order valence-electron chi connectivity index (χ2n) is 8.80. The van der Waals surface area contributed by atoms with Crippen molar-refractivity contribution in [3.05, 3.63) is 130 Å². The number of ether oxygens (including phenoxy) is 2. The van der Waals surface area contributed by atoms with E-state index in [9.17, 15) is 9.59 Å². The van der Waals surface area contributed by atoms with E-state index in [4.69, 9.17) is 21.1 Å². The average molecular weight is 624 g/mol. The number of hydrogen-bond acceptors (Lipinski definition) is 6. The van der Waals surface area contributed by atoms with Crippen LogP contribution in [0.25, 0.3) is 6.08 Å². The molecular weight excluding hydrogens is 600 g/mol. The summed E-state index contributed by atoms with van der Waals surface area (Å²) in [5.41, 5.74) is 3.21. The zero-order chi connectivity index (χ0) is 27.5. The maximum Gasteiger partial charge on any atom is 0.338 e. The minimum Gasteiger partial charge on any atom is -0.489 e. The van der Waals surface area contributed by atoms with Gasteiger partial charge >= 0.3 is 5.97 Å². The molecular formula is C30H24BrClN2O4S. The van der Waals surface area contributed by atoms with Crippen molar-refractivity contribution in [2.24, 2.45) is 4.99 Å². The van der Waals surface area contributed by atoms with Gasteiger partial charge in [-0.3, -0.25) is 9.36 Å². The molecule has 0 aliphatic carbocycles. The van der Waals surface area contributed by atoms with Crippen molar-refractivity contribution in [3.8, 4) is 5.75 Å². The van der Waals surface area contributed by atoms with E-state index in [0.717, 1.165) is 21.2 Å². The molecule has 0 spiro atoms. The molecule has 0 saturated carbocycles. The topological polar surface area (TPSA) is 69.9 Å². The third kappa shape index (κ3) is 5.78. The van der Waals surface area contributed by atoms with Gasteiger partial charge in [-0.2, -0.15) is 0 Å². The Morgan fingerprint density at radius 2 is 1.82 bits per heavy atom. The first-order chi connectivity index (χ1) is 18.9. The summed E-state index contributed by atoms with van der Waals surface area (Å²) in [6, 6.07) is 22.0. The number of rotatable bonds is 7. The van der Waals surface area contributed by atoms with E-state index < -0.39 is 12.0 Å². The fourth-order valence-electron chi connectivity index (χ4n) is 4.34. The fourth-order valence-corrected chi connectivity index (χ4v) is 5.84. The summed E-state index contributed by atoms with van der Waals surface area (Å²) < 4.78 is 14.2. The van der Waals surface area contributed by atoms with Crippen molar-refractivity contribution in [1.82, 2.24) is 4.57 Å². The van der Waals surface area contributed by atoms with Gasteiger partial charge in [-0.15, -0.1) is 0 Å². The van der Waals surface area contributed by atoms with Gasteiger partial charge in [0.2, 0.25) is 0 Å². The van der Waals surface area contributed by atoms with Crippen molar-refractivity contribution >= 4 is 50.9 Å². The molecule has 4 aromatic rings. The third-order valence-corrected chi connectivity index (χ3v) is 8.11. The molecule has 0 bridgehead atoms. The molecule has 5 rings (SSSR count). The first-order valence-corrected chi connectivity index (χ1v) is 14.3. The van der Waals surface area contributed by atoms with Crippen LogP contribution in [0.15, 0.2) is 98.3 Å². The van der Waals surface area contributed by atoms with Gasteiger partial charge in [-0.05, 0) is 61.4 Å². The normalized spacial score (nSPS) is 15.1. The zero-order valence-electron chi connectivity index (χ0n) is 21.2. The summed E-state index contributed by atoms with van der Waals surface area (Å²) in [6.07, 6.45) is 1.82. The molecule has 0 saturated heterocycles. The monoisotopic (exact) mass is 622 g/mol. The predicted octanol–water partition coefficient (Wildman–Crippen LogP) is 5.79. The van der Waals surface area contributed by atoms with Crippen LogP contribution in [0.1, 0.15) is 36.6 Å². The van der Waals surface area contributed by atoms with Crippen molar-refractivity contribution in [1.29, 1.82) is 0 Å². The fraction of sp³-hybridized carbons (Fsp3) is 0.167. The van der Waals surface area contributed by atoms with Crippen LogP contribution < -0.4 is 19.6 Å². The highest BCUT2D eigenvalue weighted by atomic mass is 79.9. The minimum atomic E-state index is -0.642. The van der Waals surface area contributed by atoms with Gasteiger partial charge in [0.25, 0.3) is 5.56 Å². The molecule has 6 nitrogen and oxygen atoms in total. The minimum absolute atomic E-state index is 0.222. The van der Waals surface area contributed by atoms with Gasteiger partial charge in [0.1, 0.15) is 12.4 Å². The maximum atomic E-state index is 13.7. The van der Waals surface area contributed by atoms with Crippen LogP contribution in [0.5, 0.6) is 5.75 Å². The predicted molar refractivity (Wildman–Crippen MR) is 157 cm³/mol. The summed E-state index contributed by atoms with van der Waals surface area (Å²) in [7, 11) is 0. The van der Waals surface area contributed by atoms with Crippen LogP contribution in [0.4, 0.5) is 0 Å². The van der Waals surface area contributed by atoms with E-state index >= 15 is 0 Å². The van der Waals surface area contributed by atoms with Crippen LogP contribution >= 0.6 is 38.9 Å². The largest absolute Gasteiger partial charge is 0.489 e. The zero-order valence-corrected chi connectivity index (χ0v) is 24.3. The molecule has 1 atom stereocenters. The lowest BCUT2D eigenvalue weighted by Crippen LogP contribution is -2.39. The highest BCUT2D eigenvalue weighted by Crippen LogP contribution is 2.31. The van der Waals surface area contributed by atoms with E-state index in [0.29, 0.717) is 38.0 Å². The van der Waals surface area contributed by atoms with Crippen molar-refractivity contribution in [2.75, 3.05) is 6.61 Å². The number of halogens is 2. The number of thiazole rings is 1.